The van der Waals surface area contributed by atoms with E-state index in [0.29, 0.717) is 9.79 Å². The molecular weight excluding hydrogens is 250 g/mol. The van der Waals surface area contributed by atoms with Crippen LogP contribution in [0.3, 0.4) is 0 Å². The normalized spacial score (nSPS) is 12.1. The Morgan fingerprint density at radius 3 is 1.83 bits per heavy atom. The molecule has 5 heteroatoms. The lowest BCUT2D eigenvalue weighted by atomic mass is 10.2. The second-order valence-corrected chi connectivity index (χ2v) is 5.31. The molecule has 0 radical (unpaired) electrons. The molecule has 1 unspecified atom stereocenters. The molecule has 0 heterocycles. The summed E-state index contributed by atoms with van der Waals surface area (Å²) in [4.78, 5) is 11.3. The van der Waals surface area contributed by atoms with Crippen molar-refractivity contribution in [2.24, 2.45) is 0 Å². The molecule has 0 aliphatic heterocycles. The van der Waals surface area contributed by atoms with Crippen LogP contribution < -0.4 is 0 Å². The van der Waals surface area contributed by atoms with Crippen LogP contribution in [-0.4, -0.2) is 9.48 Å². The summed E-state index contributed by atoms with van der Waals surface area (Å²) in [6.45, 7) is 1.96. The van der Waals surface area contributed by atoms with Gasteiger partial charge in [0.1, 0.15) is 0 Å². The van der Waals surface area contributed by atoms with E-state index < -0.39 is 16.1 Å². The first-order chi connectivity index (χ1) is 8.58. The molecule has 0 saturated carbocycles. The average Bonchev–Trinajstić information content (AvgIpc) is 2.39. The van der Waals surface area contributed by atoms with E-state index in [1.807, 2.05) is 19.1 Å². The van der Waals surface area contributed by atoms with E-state index in [2.05, 4.69) is 0 Å². The second-order valence-electron chi connectivity index (χ2n) is 3.83. The van der Waals surface area contributed by atoms with Crippen molar-refractivity contribution < 1.29 is 9.48 Å². The van der Waals surface area contributed by atoms with Crippen LogP contribution in [0.5, 0.6) is 0 Å². The lowest BCUT2D eigenvalue weighted by molar-refractivity contribution is -0.384. The van der Waals surface area contributed by atoms with Gasteiger partial charge < -0.3 is 4.55 Å². The highest BCUT2D eigenvalue weighted by Crippen LogP contribution is 2.23. The van der Waals surface area contributed by atoms with Crippen LogP contribution in [0.2, 0.25) is 0 Å². The van der Waals surface area contributed by atoms with E-state index in [-0.39, 0.29) is 5.69 Å². The Hall–Kier alpha value is -1.85. The Morgan fingerprint density at radius 2 is 1.39 bits per heavy atom. The Bertz CT molecular complexity index is 551. The number of rotatable bonds is 3. The van der Waals surface area contributed by atoms with Gasteiger partial charge in [-0.2, -0.15) is 0 Å². The van der Waals surface area contributed by atoms with Gasteiger partial charge in [0.05, 0.1) is 4.92 Å². The molecule has 0 N–H and O–H groups in total. The Balaban J connectivity index is 2.25. The van der Waals surface area contributed by atoms with Gasteiger partial charge in [-0.3, -0.25) is 10.1 Å². The van der Waals surface area contributed by atoms with Crippen molar-refractivity contribution in [2.45, 2.75) is 16.7 Å². The number of nitrogens with zero attached hydrogens (tertiary/aromatic N) is 1. The number of aryl methyl sites for hydroxylation is 1. The molecule has 0 bridgehead atoms. The summed E-state index contributed by atoms with van der Waals surface area (Å²) in [5.74, 6) is 0. The molecule has 0 aliphatic carbocycles. The van der Waals surface area contributed by atoms with E-state index in [4.69, 9.17) is 0 Å². The summed E-state index contributed by atoms with van der Waals surface area (Å²) in [5, 5.41) is 10.5. The van der Waals surface area contributed by atoms with Gasteiger partial charge >= 0.3 is 0 Å². The van der Waals surface area contributed by atoms with E-state index >= 15 is 0 Å². The minimum Gasteiger partial charge on any atom is -0.606 e. The first-order valence-corrected chi connectivity index (χ1v) is 6.46. The molecule has 2 aromatic rings. The van der Waals surface area contributed by atoms with Gasteiger partial charge in [0.25, 0.3) is 5.69 Å². The van der Waals surface area contributed by atoms with Crippen LogP contribution in [0.15, 0.2) is 58.3 Å². The monoisotopic (exact) mass is 261 g/mol. The third kappa shape index (κ3) is 2.69. The van der Waals surface area contributed by atoms with Crippen LogP contribution in [0.1, 0.15) is 5.56 Å². The number of non-ortho nitro benzene ring substituents is 1. The van der Waals surface area contributed by atoms with Crippen molar-refractivity contribution in [1.82, 2.24) is 0 Å². The summed E-state index contributed by atoms with van der Waals surface area (Å²) in [6, 6.07) is 13.1. The number of nitro groups is 1. The highest BCUT2D eigenvalue weighted by Gasteiger charge is 2.16. The maximum Gasteiger partial charge on any atom is 0.269 e. The maximum absolute atomic E-state index is 12.2. The summed E-state index contributed by atoms with van der Waals surface area (Å²) >= 11 is -1.30. The molecular formula is C13H11NO3S. The smallest absolute Gasteiger partial charge is 0.269 e. The first kappa shape index (κ1) is 12.6. The van der Waals surface area contributed by atoms with Crippen molar-refractivity contribution in [3.05, 3.63) is 64.2 Å². The third-order valence-corrected chi connectivity index (χ3v) is 3.90. The van der Waals surface area contributed by atoms with Crippen molar-refractivity contribution in [2.75, 3.05) is 0 Å². The quantitative estimate of drug-likeness (QED) is 0.484. The largest absolute Gasteiger partial charge is 0.606 e. The summed E-state index contributed by atoms with van der Waals surface area (Å²) in [6.07, 6.45) is 0. The fourth-order valence-corrected chi connectivity index (χ4v) is 2.53. The molecule has 18 heavy (non-hydrogen) atoms. The minimum absolute atomic E-state index is 0.000318. The zero-order valence-corrected chi connectivity index (χ0v) is 10.5. The zero-order valence-electron chi connectivity index (χ0n) is 9.70. The topological polar surface area (TPSA) is 66.2 Å². The summed E-state index contributed by atoms with van der Waals surface area (Å²) < 4.78 is 12.2. The molecule has 2 aromatic carbocycles. The molecule has 0 aliphatic rings. The van der Waals surface area contributed by atoms with Crippen molar-refractivity contribution in [3.8, 4) is 0 Å². The molecule has 4 nitrogen and oxygen atoms in total. The fourth-order valence-electron chi connectivity index (χ4n) is 1.49. The molecule has 0 amide bonds. The van der Waals surface area contributed by atoms with E-state index in [1.54, 1.807) is 12.1 Å². The maximum atomic E-state index is 12.2. The highest BCUT2D eigenvalue weighted by molar-refractivity contribution is 7.91. The van der Waals surface area contributed by atoms with Gasteiger partial charge in [0, 0.05) is 35.4 Å². The average molecular weight is 261 g/mol. The Morgan fingerprint density at radius 1 is 0.944 bits per heavy atom. The number of hydrogen-bond donors (Lipinski definition) is 0. The number of nitro benzene ring substituents is 1. The van der Waals surface area contributed by atoms with Crippen molar-refractivity contribution >= 4 is 16.9 Å². The van der Waals surface area contributed by atoms with Crippen molar-refractivity contribution in [1.29, 1.82) is 0 Å². The van der Waals surface area contributed by atoms with Gasteiger partial charge in [0.2, 0.25) is 0 Å². The second kappa shape index (κ2) is 5.20. The molecule has 0 fully saturated rings. The summed E-state index contributed by atoms with van der Waals surface area (Å²) in [5.41, 5.74) is 1.10. The van der Waals surface area contributed by atoms with Crippen molar-refractivity contribution in [3.63, 3.8) is 0 Å². The van der Waals surface area contributed by atoms with Gasteiger partial charge in [0.15, 0.2) is 9.79 Å². The van der Waals surface area contributed by atoms with Gasteiger partial charge in [-0.25, -0.2) is 0 Å². The van der Waals surface area contributed by atoms with E-state index in [0.717, 1.165) is 5.56 Å². The molecule has 0 spiro atoms. The van der Waals surface area contributed by atoms with E-state index in [1.165, 1.54) is 24.3 Å². The zero-order chi connectivity index (χ0) is 13.1. The predicted octanol–water partition coefficient (Wildman–Crippen LogP) is 3.07. The van der Waals surface area contributed by atoms with Crippen LogP contribution in [0, 0.1) is 17.0 Å². The molecule has 1 atom stereocenters. The van der Waals surface area contributed by atoms with Crippen LogP contribution >= 0.6 is 0 Å². The standard InChI is InChI=1S/C13H11NO3S/c1-10-2-6-12(7-3-10)18(17)13-8-4-11(5-9-13)14(15)16/h2-9H,1H3. The molecule has 0 saturated heterocycles. The van der Waals surface area contributed by atoms with Gasteiger partial charge in [-0.15, -0.1) is 0 Å². The lowest BCUT2D eigenvalue weighted by Crippen LogP contribution is -2.02. The number of hydrogen-bond acceptors (Lipinski definition) is 3. The minimum atomic E-state index is -1.30. The van der Waals surface area contributed by atoms with Gasteiger partial charge in [-0.1, -0.05) is 17.7 Å². The lowest BCUT2D eigenvalue weighted by Gasteiger charge is -2.09. The molecule has 92 valence electrons. The first-order valence-electron chi connectivity index (χ1n) is 5.31. The summed E-state index contributed by atoms with van der Waals surface area (Å²) in [7, 11) is 0. The molecule has 0 aromatic heterocycles. The SMILES string of the molecule is Cc1ccc([S+]([O-])c2ccc([N+](=O)[O-])cc2)cc1. The number of benzene rings is 2. The Kier molecular flexibility index (Phi) is 3.64. The van der Waals surface area contributed by atoms with Crippen LogP contribution in [0.25, 0.3) is 0 Å². The molecule has 2 rings (SSSR count). The third-order valence-electron chi connectivity index (χ3n) is 2.50. The predicted molar refractivity (Wildman–Crippen MR) is 68.9 cm³/mol. The van der Waals surface area contributed by atoms with Gasteiger partial charge in [-0.05, 0) is 19.1 Å². The van der Waals surface area contributed by atoms with Crippen LogP contribution in [-0.2, 0) is 11.2 Å². The highest BCUT2D eigenvalue weighted by atomic mass is 32.2. The fraction of sp³-hybridized carbons (Fsp3) is 0.0769. The Labute approximate surface area is 108 Å². The van der Waals surface area contributed by atoms with E-state index in [9.17, 15) is 14.7 Å². The van der Waals surface area contributed by atoms with Crippen LogP contribution in [0.4, 0.5) is 5.69 Å².